The molecule has 0 bridgehead atoms. The second-order valence-corrected chi connectivity index (χ2v) is 5.36. The first kappa shape index (κ1) is 14.8. The van der Waals surface area contributed by atoms with Crippen LogP contribution in [0.3, 0.4) is 0 Å². The third-order valence-corrected chi connectivity index (χ3v) is 3.31. The van der Waals surface area contributed by atoms with Crippen LogP contribution in [-0.2, 0) is 4.74 Å². The molecule has 4 nitrogen and oxygen atoms in total. The van der Waals surface area contributed by atoms with E-state index in [2.05, 4.69) is 23.9 Å². The van der Waals surface area contributed by atoms with E-state index in [1.807, 2.05) is 0 Å². The number of esters is 1. The normalized spacial score (nSPS) is 21.4. The fourth-order valence-corrected chi connectivity index (χ4v) is 2.31. The molecule has 5 heteroatoms. The van der Waals surface area contributed by atoms with E-state index >= 15 is 0 Å². The lowest BCUT2D eigenvalue weighted by atomic mass is 9.88. The molecular formula is C15H20FNO3. The lowest BCUT2D eigenvalue weighted by Crippen LogP contribution is -2.49. The van der Waals surface area contributed by atoms with Crippen molar-refractivity contribution in [1.82, 2.24) is 5.32 Å². The number of carbonyl (C=O) groups excluding carboxylic acids is 1. The number of hydrogen-bond acceptors (Lipinski definition) is 4. The maximum atomic E-state index is 13.7. The van der Waals surface area contributed by atoms with Crippen molar-refractivity contribution in [3.8, 4) is 5.75 Å². The number of methoxy groups -OCH3 is 1. The maximum Gasteiger partial charge on any atom is 0.340 e. The zero-order valence-electron chi connectivity index (χ0n) is 12.0. The Kier molecular flexibility index (Phi) is 4.60. The highest BCUT2D eigenvalue weighted by Gasteiger charge is 2.31. The lowest BCUT2D eigenvalue weighted by Gasteiger charge is -2.37. The van der Waals surface area contributed by atoms with Gasteiger partial charge in [-0.1, -0.05) is 13.8 Å². The molecule has 1 saturated carbocycles. The van der Waals surface area contributed by atoms with Crippen molar-refractivity contribution in [2.45, 2.75) is 44.9 Å². The van der Waals surface area contributed by atoms with Crippen LogP contribution >= 0.6 is 0 Å². The molecule has 0 saturated heterocycles. The fourth-order valence-electron chi connectivity index (χ4n) is 2.31. The molecule has 20 heavy (non-hydrogen) atoms. The minimum atomic E-state index is -0.682. The molecule has 110 valence electrons. The Bertz CT molecular complexity index is 484. The number of carbonyl (C=O) groups is 1. The molecule has 1 N–H and O–H groups in total. The predicted molar refractivity (Wildman–Crippen MR) is 73.4 cm³/mol. The minimum absolute atomic E-state index is 0.0761. The molecule has 0 aliphatic heterocycles. The summed E-state index contributed by atoms with van der Waals surface area (Å²) in [5.41, 5.74) is -0.0761. The number of ether oxygens (including phenoxy) is 2. The first-order chi connectivity index (χ1) is 9.49. The summed E-state index contributed by atoms with van der Waals surface area (Å²) < 4.78 is 23.9. The second kappa shape index (κ2) is 6.22. The van der Waals surface area contributed by atoms with Gasteiger partial charge in [-0.05, 0) is 25.0 Å². The van der Waals surface area contributed by atoms with Crippen LogP contribution < -0.4 is 10.1 Å². The van der Waals surface area contributed by atoms with E-state index in [4.69, 9.17) is 4.74 Å². The predicted octanol–water partition coefficient (Wildman–Crippen LogP) is 2.52. The molecule has 1 aliphatic rings. The Morgan fingerprint density at radius 1 is 1.40 bits per heavy atom. The van der Waals surface area contributed by atoms with E-state index in [0.29, 0.717) is 17.8 Å². The largest absolute Gasteiger partial charge is 0.490 e. The Balaban J connectivity index is 1.89. The van der Waals surface area contributed by atoms with E-state index in [0.717, 1.165) is 12.8 Å². The first-order valence-electron chi connectivity index (χ1n) is 6.80. The number of benzene rings is 1. The summed E-state index contributed by atoms with van der Waals surface area (Å²) in [7, 11) is 1.22. The van der Waals surface area contributed by atoms with Crippen molar-refractivity contribution in [1.29, 1.82) is 0 Å². The highest BCUT2D eigenvalue weighted by Crippen LogP contribution is 2.27. The van der Waals surface area contributed by atoms with Crippen LogP contribution in [0.4, 0.5) is 4.39 Å². The average Bonchev–Trinajstić information content (AvgIpc) is 2.35. The summed E-state index contributed by atoms with van der Waals surface area (Å²) >= 11 is 0. The van der Waals surface area contributed by atoms with Crippen LogP contribution in [0.1, 0.15) is 37.0 Å². The zero-order valence-corrected chi connectivity index (χ0v) is 12.0. The van der Waals surface area contributed by atoms with Crippen molar-refractivity contribution < 1.29 is 18.7 Å². The summed E-state index contributed by atoms with van der Waals surface area (Å²) in [6.45, 7) is 4.21. The van der Waals surface area contributed by atoms with Gasteiger partial charge in [0.25, 0.3) is 0 Å². The summed E-state index contributed by atoms with van der Waals surface area (Å²) in [6.07, 6.45) is 1.94. The summed E-state index contributed by atoms with van der Waals surface area (Å²) in [6, 6.07) is 5.14. The van der Waals surface area contributed by atoms with Crippen LogP contribution in [0.2, 0.25) is 0 Å². The number of nitrogens with one attached hydrogen (secondary N) is 1. The summed E-state index contributed by atoms with van der Waals surface area (Å²) in [5.74, 6) is -0.854. The summed E-state index contributed by atoms with van der Waals surface area (Å²) in [4.78, 5) is 11.3. The standard InChI is InChI=1S/C15H20FNO3/c1-9(2)17-10-6-12(7-10)20-11-4-5-13(14(16)8-11)15(18)19-3/h4-5,8-10,12,17H,6-7H2,1-3H3. The number of rotatable bonds is 5. The van der Waals surface area contributed by atoms with Gasteiger partial charge in [0.15, 0.2) is 0 Å². The van der Waals surface area contributed by atoms with Gasteiger partial charge in [-0.15, -0.1) is 0 Å². The van der Waals surface area contributed by atoms with Gasteiger partial charge in [-0.25, -0.2) is 9.18 Å². The fraction of sp³-hybridized carbons (Fsp3) is 0.533. The minimum Gasteiger partial charge on any atom is -0.490 e. The highest BCUT2D eigenvalue weighted by molar-refractivity contribution is 5.89. The van der Waals surface area contributed by atoms with Crippen molar-refractivity contribution in [3.05, 3.63) is 29.6 Å². The van der Waals surface area contributed by atoms with Gasteiger partial charge < -0.3 is 14.8 Å². The van der Waals surface area contributed by atoms with Crippen molar-refractivity contribution >= 4 is 5.97 Å². The molecule has 0 atom stereocenters. The van der Waals surface area contributed by atoms with Crippen molar-refractivity contribution in [2.75, 3.05) is 7.11 Å². The van der Waals surface area contributed by atoms with Crippen LogP contribution in [0.5, 0.6) is 5.75 Å². The molecule has 0 unspecified atom stereocenters. The van der Waals surface area contributed by atoms with Crippen LogP contribution in [0.25, 0.3) is 0 Å². The Labute approximate surface area is 118 Å². The Hall–Kier alpha value is -1.62. The van der Waals surface area contributed by atoms with Gasteiger partial charge >= 0.3 is 5.97 Å². The molecule has 0 amide bonds. The molecule has 0 radical (unpaired) electrons. The third kappa shape index (κ3) is 3.48. The van der Waals surface area contributed by atoms with Gasteiger partial charge in [0.2, 0.25) is 0 Å². The van der Waals surface area contributed by atoms with Crippen molar-refractivity contribution in [3.63, 3.8) is 0 Å². The Morgan fingerprint density at radius 3 is 2.65 bits per heavy atom. The van der Waals surface area contributed by atoms with Gasteiger partial charge in [0.1, 0.15) is 17.7 Å². The quantitative estimate of drug-likeness (QED) is 0.843. The molecule has 0 heterocycles. The van der Waals surface area contributed by atoms with Gasteiger partial charge in [0, 0.05) is 18.2 Å². The lowest BCUT2D eigenvalue weighted by molar-refractivity contribution is 0.0595. The molecule has 0 aromatic heterocycles. The second-order valence-electron chi connectivity index (χ2n) is 5.36. The molecule has 1 aliphatic carbocycles. The van der Waals surface area contributed by atoms with Gasteiger partial charge in [-0.2, -0.15) is 0 Å². The van der Waals surface area contributed by atoms with Gasteiger partial charge in [-0.3, -0.25) is 0 Å². The topological polar surface area (TPSA) is 47.6 Å². The van der Waals surface area contributed by atoms with Crippen LogP contribution in [-0.4, -0.2) is 31.3 Å². The highest BCUT2D eigenvalue weighted by atomic mass is 19.1. The molecule has 1 aromatic rings. The van der Waals surface area contributed by atoms with E-state index in [1.54, 1.807) is 6.07 Å². The molecule has 1 aromatic carbocycles. The molecular weight excluding hydrogens is 261 g/mol. The Morgan fingerprint density at radius 2 is 2.10 bits per heavy atom. The summed E-state index contributed by atoms with van der Waals surface area (Å²) in [5, 5.41) is 3.42. The number of halogens is 1. The first-order valence-corrected chi connectivity index (χ1v) is 6.80. The average molecular weight is 281 g/mol. The van der Waals surface area contributed by atoms with E-state index < -0.39 is 11.8 Å². The number of hydrogen-bond donors (Lipinski definition) is 1. The van der Waals surface area contributed by atoms with E-state index in [-0.39, 0.29) is 11.7 Å². The third-order valence-electron chi connectivity index (χ3n) is 3.31. The van der Waals surface area contributed by atoms with E-state index in [1.165, 1.54) is 19.2 Å². The zero-order chi connectivity index (χ0) is 14.7. The monoisotopic (exact) mass is 281 g/mol. The molecule has 0 spiro atoms. The van der Waals surface area contributed by atoms with Gasteiger partial charge in [0.05, 0.1) is 12.7 Å². The smallest absolute Gasteiger partial charge is 0.340 e. The molecule has 1 fully saturated rings. The molecule has 2 rings (SSSR count). The SMILES string of the molecule is COC(=O)c1ccc(OC2CC(NC(C)C)C2)cc1F. The van der Waals surface area contributed by atoms with Crippen molar-refractivity contribution in [2.24, 2.45) is 0 Å². The van der Waals surface area contributed by atoms with E-state index in [9.17, 15) is 9.18 Å². The van der Waals surface area contributed by atoms with Crippen LogP contribution in [0.15, 0.2) is 18.2 Å². The van der Waals surface area contributed by atoms with Crippen LogP contribution in [0, 0.1) is 5.82 Å². The maximum absolute atomic E-state index is 13.7.